The molecular formula is C27H50O6S. The predicted octanol–water partition coefficient (Wildman–Crippen LogP) is 6.55. The van der Waals surface area contributed by atoms with Crippen LogP contribution in [0.5, 0.6) is 0 Å². The van der Waals surface area contributed by atoms with E-state index in [9.17, 15) is 8.42 Å². The second kappa shape index (κ2) is 23.7. The van der Waals surface area contributed by atoms with Gasteiger partial charge in [0.2, 0.25) is 0 Å². The largest absolute Gasteiger partial charge is 0.394 e. The highest BCUT2D eigenvalue weighted by molar-refractivity contribution is 7.85. The molecule has 0 amide bonds. The third-order valence-electron chi connectivity index (χ3n) is 5.70. The smallest absolute Gasteiger partial charge is 0.294 e. The number of hydrogen-bond acceptors (Lipinski definition) is 5. The minimum Gasteiger partial charge on any atom is -0.394 e. The molecule has 1 unspecified atom stereocenters. The molecule has 0 saturated heterocycles. The Balaban J connectivity index is 0.000000896. The lowest BCUT2D eigenvalue weighted by Gasteiger charge is -2.08. The number of benzene rings is 1. The van der Waals surface area contributed by atoms with Crippen molar-refractivity contribution >= 4 is 10.1 Å². The summed E-state index contributed by atoms with van der Waals surface area (Å²) in [4.78, 5) is -0.0741. The number of aliphatic hydroxyl groups is 2. The quantitative estimate of drug-likeness (QED) is 0.130. The molecule has 200 valence electrons. The van der Waals surface area contributed by atoms with E-state index in [1.165, 1.54) is 108 Å². The Labute approximate surface area is 208 Å². The molecule has 34 heavy (non-hydrogen) atoms. The Hall–Kier alpha value is -0.990. The number of ether oxygens (including phenoxy) is 1. The molecule has 0 spiro atoms. The Bertz CT molecular complexity index is 636. The van der Waals surface area contributed by atoms with Gasteiger partial charge in [-0.1, -0.05) is 121 Å². The number of aliphatic hydroxyl groups excluding tert-OH is 2. The van der Waals surface area contributed by atoms with Crippen LogP contribution in [-0.4, -0.2) is 49.1 Å². The van der Waals surface area contributed by atoms with Crippen molar-refractivity contribution in [1.29, 1.82) is 0 Å². The molecule has 3 N–H and O–H groups in total. The lowest BCUT2D eigenvalue weighted by molar-refractivity contribution is 0.00526. The van der Waals surface area contributed by atoms with Crippen molar-refractivity contribution in [3.63, 3.8) is 0 Å². The zero-order valence-corrected chi connectivity index (χ0v) is 22.2. The van der Waals surface area contributed by atoms with Gasteiger partial charge in [-0.25, -0.2) is 0 Å². The van der Waals surface area contributed by atoms with Crippen LogP contribution in [0.3, 0.4) is 0 Å². The minimum absolute atomic E-state index is 0.0741. The molecule has 0 saturated carbocycles. The molecular weight excluding hydrogens is 452 g/mol. The van der Waals surface area contributed by atoms with Gasteiger partial charge in [-0.2, -0.15) is 8.42 Å². The highest BCUT2D eigenvalue weighted by Crippen LogP contribution is 2.13. The van der Waals surface area contributed by atoms with Gasteiger partial charge in [0, 0.05) is 6.61 Å². The van der Waals surface area contributed by atoms with Crippen LogP contribution >= 0.6 is 0 Å². The monoisotopic (exact) mass is 502 g/mol. The fourth-order valence-electron chi connectivity index (χ4n) is 3.62. The van der Waals surface area contributed by atoms with E-state index in [0.717, 1.165) is 6.42 Å². The SMILES string of the molecule is CCCCCCCCCCCCCCCCCCOCC(O)CO.O=S(=O)(O)c1ccccc1. The Kier molecular flexibility index (Phi) is 23.0. The standard InChI is InChI=1S/C21H44O3.C6H6O3S/c1-2-3-4-5-6-7-8-9-10-11-12-13-14-15-16-17-18-24-20-21(23)19-22;7-10(8,9)6-4-2-1-3-5-6/h21-23H,2-20H2,1H3;1-5H,(H,7,8,9). The van der Waals surface area contributed by atoms with Crippen molar-refractivity contribution in [3.8, 4) is 0 Å². The maximum atomic E-state index is 10.4. The van der Waals surface area contributed by atoms with E-state index in [0.29, 0.717) is 6.61 Å². The minimum atomic E-state index is -4.00. The first kappa shape index (κ1) is 33.0. The summed E-state index contributed by atoms with van der Waals surface area (Å²) in [5.41, 5.74) is 0. The summed E-state index contributed by atoms with van der Waals surface area (Å²) in [6.07, 6.45) is 21.2. The lowest BCUT2D eigenvalue weighted by atomic mass is 10.0. The van der Waals surface area contributed by atoms with E-state index < -0.39 is 16.2 Å². The first-order valence-electron chi connectivity index (χ1n) is 13.3. The third kappa shape index (κ3) is 22.8. The maximum Gasteiger partial charge on any atom is 0.294 e. The zero-order valence-electron chi connectivity index (χ0n) is 21.4. The van der Waals surface area contributed by atoms with Crippen molar-refractivity contribution in [2.45, 2.75) is 121 Å². The first-order chi connectivity index (χ1) is 16.4. The molecule has 7 heteroatoms. The fourth-order valence-corrected chi connectivity index (χ4v) is 4.12. The van der Waals surface area contributed by atoms with Gasteiger partial charge in [0.25, 0.3) is 10.1 Å². The van der Waals surface area contributed by atoms with Crippen LogP contribution in [0.15, 0.2) is 35.2 Å². The van der Waals surface area contributed by atoms with Gasteiger partial charge in [0.05, 0.1) is 18.1 Å². The molecule has 0 radical (unpaired) electrons. The van der Waals surface area contributed by atoms with Gasteiger partial charge >= 0.3 is 0 Å². The molecule has 0 fully saturated rings. The summed E-state index contributed by atoms with van der Waals surface area (Å²) < 4.78 is 34.5. The van der Waals surface area contributed by atoms with Crippen molar-refractivity contribution in [2.24, 2.45) is 0 Å². The highest BCUT2D eigenvalue weighted by atomic mass is 32.2. The van der Waals surface area contributed by atoms with Crippen molar-refractivity contribution in [2.75, 3.05) is 19.8 Å². The van der Waals surface area contributed by atoms with Crippen LogP contribution in [0, 0.1) is 0 Å². The van der Waals surface area contributed by atoms with Crippen LogP contribution in [0.1, 0.15) is 110 Å². The average molecular weight is 503 g/mol. The summed E-state index contributed by atoms with van der Waals surface area (Å²) in [5.74, 6) is 0. The maximum absolute atomic E-state index is 10.4. The topological polar surface area (TPSA) is 104 Å². The lowest BCUT2D eigenvalue weighted by Crippen LogP contribution is -2.19. The van der Waals surface area contributed by atoms with Crippen molar-refractivity contribution in [3.05, 3.63) is 30.3 Å². The third-order valence-corrected chi connectivity index (χ3v) is 6.57. The Morgan fingerprint density at radius 2 is 1.15 bits per heavy atom. The summed E-state index contributed by atoms with van der Waals surface area (Å²) >= 11 is 0. The second-order valence-corrected chi connectivity index (χ2v) is 10.4. The number of unbranched alkanes of at least 4 members (excludes halogenated alkanes) is 15. The average Bonchev–Trinajstić information content (AvgIpc) is 2.83. The van der Waals surface area contributed by atoms with E-state index in [1.807, 2.05) is 0 Å². The molecule has 0 aliphatic rings. The Morgan fingerprint density at radius 1 is 0.735 bits per heavy atom. The van der Waals surface area contributed by atoms with Gasteiger partial charge in [-0.3, -0.25) is 4.55 Å². The van der Waals surface area contributed by atoms with E-state index in [1.54, 1.807) is 18.2 Å². The molecule has 0 bridgehead atoms. The van der Waals surface area contributed by atoms with Gasteiger partial charge in [0.1, 0.15) is 6.10 Å². The molecule has 0 aliphatic heterocycles. The summed E-state index contributed by atoms with van der Waals surface area (Å²) in [6, 6.07) is 7.42. The van der Waals surface area contributed by atoms with Crippen molar-refractivity contribution < 1.29 is 27.9 Å². The van der Waals surface area contributed by atoms with Crippen LogP contribution in [-0.2, 0) is 14.9 Å². The predicted molar refractivity (Wildman–Crippen MR) is 140 cm³/mol. The first-order valence-corrected chi connectivity index (χ1v) is 14.7. The van der Waals surface area contributed by atoms with Gasteiger partial charge in [0.15, 0.2) is 0 Å². The molecule has 1 aromatic carbocycles. The van der Waals surface area contributed by atoms with E-state index in [2.05, 4.69) is 6.92 Å². The fraction of sp³-hybridized carbons (Fsp3) is 0.778. The van der Waals surface area contributed by atoms with Gasteiger partial charge in [-0.05, 0) is 18.6 Å². The van der Waals surface area contributed by atoms with Crippen molar-refractivity contribution in [1.82, 2.24) is 0 Å². The van der Waals surface area contributed by atoms with Crippen LogP contribution in [0.25, 0.3) is 0 Å². The van der Waals surface area contributed by atoms with Gasteiger partial charge < -0.3 is 14.9 Å². The molecule has 1 rings (SSSR count). The van der Waals surface area contributed by atoms with E-state index in [-0.39, 0.29) is 18.1 Å². The molecule has 1 aromatic rings. The second-order valence-electron chi connectivity index (χ2n) is 9.00. The normalized spacial score (nSPS) is 12.2. The highest BCUT2D eigenvalue weighted by Gasteiger charge is 2.05. The molecule has 0 aromatic heterocycles. The molecule has 0 aliphatic carbocycles. The van der Waals surface area contributed by atoms with Gasteiger partial charge in [-0.15, -0.1) is 0 Å². The molecule has 1 atom stereocenters. The summed E-state index contributed by atoms with van der Waals surface area (Å²) in [7, 11) is -4.00. The Morgan fingerprint density at radius 3 is 1.50 bits per heavy atom. The van der Waals surface area contributed by atoms with E-state index >= 15 is 0 Å². The summed E-state index contributed by atoms with van der Waals surface area (Å²) in [6.45, 7) is 3.03. The van der Waals surface area contributed by atoms with Crippen LogP contribution < -0.4 is 0 Å². The molecule has 6 nitrogen and oxygen atoms in total. The summed E-state index contributed by atoms with van der Waals surface area (Å²) in [5, 5.41) is 17.8. The van der Waals surface area contributed by atoms with Crippen LogP contribution in [0.2, 0.25) is 0 Å². The molecule has 0 heterocycles. The number of hydrogen-bond donors (Lipinski definition) is 3. The van der Waals surface area contributed by atoms with Crippen LogP contribution in [0.4, 0.5) is 0 Å². The van der Waals surface area contributed by atoms with E-state index in [4.69, 9.17) is 19.5 Å². The zero-order chi connectivity index (χ0) is 25.3. The number of rotatable bonds is 21.